The molecule has 0 bridgehead atoms. The van der Waals surface area contributed by atoms with Gasteiger partial charge in [-0.05, 0) is 78.8 Å². The van der Waals surface area contributed by atoms with Crippen LogP contribution >= 0.6 is 22.7 Å². The quantitative estimate of drug-likeness (QED) is 0.179. The maximum Gasteiger partial charge on any atom is 0.0995 e. The fourth-order valence-electron chi connectivity index (χ4n) is 6.41. The lowest BCUT2D eigenvalue weighted by molar-refractivity contribution is 1.28. The van der Waals surface area contributed by atoms with Gasteiger partial charge in [-0.1, -0.05) is 84.9 Å². The van der Waals surface area contributed by atoms with E-state index in [0.717, 1.165) is 33.9 Å². The van der Waals surface area contributed by atoms with Crippen molar-refractivity contribution in [1.82, 2.24) is 19.9 Å². The van der Waals surface area contributed by atoms with Crippen molar-refractivity contribution in [3.8, 4) is 56.2 Å². The summed E-state index contributed by atoms with van der Waals surface area (Å²) in [6.07, 6.45) is 3.97. The highest BCUT2D eigenvalue weighted by Gasteiger charge is 2.18. The Morgan fingerprint density at radius 1 is 0.370 bits per heavy atom. The molecule has 0 saturated carbocycles. The molecule has 0 unspecified atom stereocenters. The molecule has 46 heavy (non-hydrogen) atoms. The number of fused-ring (bicyclic) bond motifs is 3. The fraction of sp³-hybridized carbons (Fsp3) is 0. The topological polar surface area (TPSA) is 51.6 Å². The smallest absolute Gasteiger partial charge is 0.0995 e. The van der Waals surface area contributed by atoms with Crippen molar-refractivity contribution in [1.29, 1.82) is 0 Å². The maximum atomic E-state index is 4.87. The Kier molecular flexibility index (Phi) is 6.47. The second kappa shape index (κ2) is 11.1. The predicted molar refractivity (Wildman–Crippen MR) is 193 cm³/mol. The normalized spacial score (nSPS) is 11.5. The molecular weight excluding hydrogens is 601 g/mol. The van der Waals surface area contributed by atoms with Crippen molar-refractivity contribution in [2.75, 3.05) is 0 Å². The van der Waals surface area contributed by atoms with Gasteiger partial charge >= 0.3 is 0 Å². The SMILES string of the molecule is c1ccc2cc(-c3ccc4c(-c5ccc(-c6cscn6)nc5)c5ccccc5c(-c5ccc(-c6cscn6)nc5)c4c3)ccc2c1. The average Bonchev–Trinajstić information content (AvgIpc) is 3.87. The van der Waals surface area contributed by atoms with Crippen LogP contribution in [0.5, 0.6) is 0 Å². The van der Waals surface area contributed by atoms with Crippen molar-refractivity contribution in [3.05, 3.63) is 143 Å². The molecule has 5 aromatic carbocycles. The van der Waals surface area contributed by atoms with Crippen LogP contribution in [0.3, 0.4) is 0 Å². The zero-order valence-electron chi connectivity index (χ0n) is 24.5. The average molecular weight is 625 g/mol. The van der Waals surface area contributed by atoms with Crippen LogP contribution in [-0.4, -0.2) is 19.9 Å². The Balaban J connectivity index is 1.31. The van der Waals surface area contributed by atoms with Crippen LogP contribution in [0.4, 0.5) is 0 Å². The van der Waals surface area contributed by atoms with Crippen molar-refractivity contribution in [2.24, 2.45) is 0 Å². The van der Waals surface area contributed by atoms with Gasteiger partial charge < -0.3 is 0 Å². The third-order valence-electron chi connectivity index (χ3n) is 8.60. The second-order valence-corrected chi connectivity index (χ2v) is 12.7. The summed E-state index contributed by atoms with van der Waals surface area (Å²) in [5.41, 5.74) is 14.1. The zero-order valence-corrected chi connectivity index (χ0v) is 26.1. The number of rotatable bonds is 5. The van der Waals surface area contributed by atoms with Crippen LogP contribution in [0, 0.1) is 0 Å². The largest absolute Gasteiger partial charge is 0.254 e. The minimum Gasteiger partial charge on any atom is -0.254 e. The van der Waals surface area contributed by atoms with Gasteiger partial charge in [0.25, 0.3) is 0 Å². The number of hydrogen-bond donors (Lipinski definition) is 0. The molecule has 4 heterocycles. The van der Waals surface area contributed by atoms with Crippen LogP contribution in [0.2, 0.25) is 0 Å². The van der Waals surface area contributed by atoms with E-state index in [1.54, 1.807) is 22.7 Å². The molecule has 4 aromatic heterocycles. The van der Waals surface area contributed by atoms with E-state index in [1.165, 1.54) is 54.6 Å². The lowest BCUT2D eigenvalue weighted by Crippen LogP contribution is -1.93. The molecule has 9 aromatic rings. The molecule has 0 amide bonds. The first-order valence-corrected chi connectivity index (χ1v) is 16.9. The Morgan fingerprint density at radius 2 is 0.891 bits per heavy atom. The van der Waals surface area contributed by atoms with E-state index in [4.69, 9.17) is 9.97 Å². The van der Waals surface area contributed by atoms with Crippen LogP contribution in [0.1, 0.15) is 0 Å². The fourth-order valence-corrected chi connectivity index (χ4v) is 7.50. The van der Waals surface area contributed by atoms with Gasteiger partial charge in [-0.3, -0.25) is 9.97 Å². The zero-order chi connectivity index (χ0) is 30.5. The molecule has 0 spiro atoms. The van der Waals surface area contributed by atoms with Gasteiger partial charge in [-0.25, -0.2) is 9.97 Å². The van der Waals surface area contributed by atoms with E-state index in [-0.39, 0.29) is 0 Å². The highest BCUT2D eigenvalue weighted by Crippen LogP contribution is 2.45. The first-order chi connectivity index (χ1) is 22.8. The number of nitrogens with zero attached hydrogens (tertiary/aromatic N) is 4. The molecule has 0 N–H and O–H groups in total. The molecule has 0 atom stereocenters. The van der Waals surface area contributed by atoms with Crippen molar-refractivity contribution < 1.29 is 0 Å². The summed E-state index contributed by atoms with van der Waals surface area (Å²) in [4.78, 5) is 18.6. The molecule has 216 valence electrons. The third-order valence-corrected chi connectivity index (χ3v) is 9.77. The number of pyridine rings is 2. The number of aromatic nitrogens is 4. The second-order valence-electron chi connectivity index (χ2n) is 11.2. The third kappa shape index (κ3) is 4.58. The molecule has 0 aliphatic rings. The van der Waals surface area contributed by atoms with Crippen LogP contribution in [-0.2, 0) is 0 Å². The highest BCUT2D eigenvalue weighted by molar-refractivity contribution is 7.08. The first-order valence-electron chi connectivity index (χ1n) is 15.0. The molecule has 0 fully saturated rings. The summed E-state index contributed by atoms with van der Waals surface area (Å²) >= 11 is 3.16. The lowest BCUT2D eigenvalue weighted by Gasteiger charge is -2.19. The Bertz CT molecular complexity index is 2500. The molecule has 0 aliphatic carbocycles. The molecule has 0 aliphatic heterocycles. The lowest BCUT2D eigenvalue weighted by atomic mass is 9.85. The summed E-state index contributed by atoms with van der Waals surface area (Å²) < 4.78 is 0. The van der Waals surface area contributed by atoms with Gasteiger partial charge in [0, 0.05) is 34.3 Å². The van der Waals surface area contributed by atoms with Gasteiger partial charge in [0.15, 0.2) is 0 Å². The van der Waals surface area contributed by atoms with Crippen LogP contribution in [0.25, 0.3) is 88.5 Å². The minimum atomic E-state index is 0.873. The summed E-state index contributed by atoms with van der Waals surface area (Å²) in [6.45, 7) is 0. The van der Waals surface area contributed by atoms with E-state index < -0.39 is 0 Å². The molecule has 4 nitrogen and oxygen atoms in total. The maximum absolute atomic E-state index is 4.87. The highest BCUT2D eigenvalue weighted by atomic mass is 32.1. The molecular formula is C40H24N4S2. The molecule has 6 heteroatoms. The summed E-state index contributed by atoms with van der Waals surface area (Å²) in [5, 5.41) is 11.2. The number of benzene rings is 5. The molecule has 0 radical (unpaired) electrons. The van der Waals surface area contributed by atoms with E-state index in [1.807, 2.05) is 34.2 Å². The first kappa shape index (κ1) is 26.8. The van der Waals surface area contributed by atoms with Gasteiger partial charge in [0.05, 0.1) is 33.8 Å². The van der Waals surface area contributed by atoms with E-state index >= 15 is 0 Å². The standard InChI is InChI=1S/C40H24N4S2/c1-2-6-26-17-27(10-9-25(26)5-1)28-11-14-33-34(18-28)40(30-13-16-36(42-20-30)38-22-46-24-44-38)32-8-4-3-7-31(32)39(33)29-12-15-35(41-19-29)37-21-45-23-43-37/h1-24H. The monoisotopic (exact) mass is 624 g/mol. The summed E-state index contributed by atoms with van der Waals surface area (Å²) in [5.74, 6) is 0. The van der Waals surface area contributed by atoms with Crippen LogP contribution in [0.15, 0.2) is 143 Å². The Morgan fingerprint density at radius 3 is 1.48 bits per heavy atom. The van der Waals surface area contributed by atoms with Gasteiger partial charge in [0.2, 0.25) is 0 Å². The van der Waals surface area contributed by atoms with E-state index in [9.17, 15) is 0 Å². The summed E-state index contributed by atoms with van der Waals surface area (Å²) in [7, 11) is 0. The molecule has 0 saturated heterocycles. The van der Waals surface area contributed by atoms with Crippen LogP contribution < -0.4 is 0 Å². The van der Waals surface area contributed by atoms with Gasteiger partial charge in [-0.2, -0.15) is 0 Å². The number of thiazole rings is 2. The van der Waals surface area contributed by atoms with Gasteiger partial charge in [-0.15, -0.1) is 22.7 Å². The van der Waals surface area contributed by atoms with Crippen molar-refractivity contribution >= 4 is 55.0 Å². The Hall–Kier alpha value is -5.56. The summed E-state index contributed by atoms with van der Waals surface area (Å²) in [6, 6.07) is 39.3. The van der Waals surface area contributed by atoms with E-state index in [2.05, 4.69) is 119 Å². The predicted octanol–water partition coefficient (Wildman–Crippen LogP) is 11.2. The Labute approximate surface area is 273 Å². The van der Waals surface area contributed by atoms with Gasteiger partial charge in [0.1, 0.15) is 0 Å². The minimum absolute atomic E-state index is 0.873. The number of hydrogen-bond acceptors (Lipinski definition) is 6. The van der Waals surface area contributed by atoms with Crippen molar-refractivity contribution in [3.63, 3.8) is 0 Å². The van der Waals surface area contributed by atoms with Crippen molar-refractivity contribution in [2.45, 2.75) is 0 Å². The van der Waals surface area contributed by atoms with E-state index in [0.29, 0.717) is 0 Å². The molecule has 9 rings (SSSR count).